The quantitative estimate of drug-likeness (QED) is 0.808. The van der Waals surface area contributed by atoms with Gasteiger partial charge in [-0.3, -0.25) is 9.59 Å². The van der Waals surface area contributed by atoms with Crippen molar-refractivity contribution < 1.29 is 19.1 Å². The number of rotatable bonds is 5. The summed E-state index contributed by atoms with van der Waals surface area (Å²) in [5.74, 6) is -1.32. The van der Waals surface area contributed by atoms with Crippen LogP contribution < -0.4 is 10.2 Å². The number of hydrogen-bond donors (Lipinski definition) is 1. The van der Waals surface area contributed by atoms with Gasteiger partial charge in [0.15, 0.2) is 6.61 Å². The maximum atomic E-state index is 12.6. The zero-order chi connectivity index (χ0) is 20.1. The number of nitriles is 1. The lowest BCUT2D eigenvalue weighted by molar-refractivity contribution is -0.122. The van der Waals surface area contributed by atoms with E-state index < -0.39 is 11.9 Å². The summed E-state index contributed by atoms with van der Waals surface area (Å²) in [6, 6.07) is 15.5. The molecule has 0 saturated heterocycles. The largest absolute Gasteiger partial charge is 0.452 e. The number of benzene rings is 2. The van der Waals surface area contributed by atoms with Crippen LogP contribution in [0.15, 0.2) is 48.5 Å². The van der Waals surface area contributed by atoms with Crippen molar-refractivity contribution >= 4 is 29.2 Å². The van der Waals surface area contributed by atoms with Gasteiger partial charge in [0, 0.05) is 17.4 Å². The molecule has 2 amide bonds. The van der Waals surface area contributed by atoms with Crippen molar-refractivity contribution in [3.05, 3.63) is 59.7 Å². The number of esters is 1. The molecule has 1 aliphatic rings. The van der Waals surface area contributed by atoms with Crippen LogP contribution >= 0.6 is 0 Å². The third-order valence-corrected chi connectivity index (χ3v) is 4.45. The van der Waals surface area contributed by atoms with Crippen molar-refractivity contribution in [1.82, 2.24) is 0 Å². The van der Waals surface area contributed by atoms with Crippen molar-refractivity contribution in [3.63, 3.8) is 0 Å². The zero-order valence-electron chi connectivity index (χ0n) is 15.3. The molecular weight excluding hydrogens is 358 g/mol. The monoisotopic (exact) mass is 377 g/mol. The maximum Gasteiger partial charge on any atom is 0.338 e. The van der Waals surface area contributed by atoms with Gasteiger partial charge in [-0.15, -0.1) is 0 Å². The molecule has 1 atom stereocenters. The van der Waals surface area contributed by atoms with Gasteiger partial charge in [0.05, 0.1) is 11.6 Å². The summed E-state index contributed by atoms with van der Waals surface area (Å²) in [7, 11) is 0. The minimum Gasteiger partial charge on any atom is -0.452 e. The molecule has 0 radical (unpaired) electrons. The number of ether oxygens (including phenoxy) is 1. The van der Waals surface area contributed by atoms with Crippen molar-refractivity contribution in [3.8, 4) is 6.07 Å². The Kier molecular flexibility index (Phi) is 5.70. The average Bonchev–Trinajstić information content (AvgIpc) is 3.02. The first-order valence-electron chi connectivity index (χ1n) is 8.83. The molecule has 3 rings (SSSR count). The number of hydrogen-bond acceptors (Lipinski definition) is 5. The molecule has 1 N–H and O–H groups in total. The van der Waals surface area contributed by atoms with E-state index in [9.17, 15) is 14.4 Å². The number of carbonyl (C=O) groups is 3. The Labute approximate surface area is 162 Å². The maximum absolute atomic E-state index is 12.6. The molecule has 1 aliphatic heterocycles. The molecule has 0 aliphatic carbocycles. The minimum absolute atomic E-state index is 0.0138. The van der Waals surface area contributed by atoms with Gasteiger partial charge in [-0.05, 0) is 49.2 Å². The van der Waals surface area contributed by atoms with Crippen LogP contribution in [0.2, 0.25) is 0 Å². The molecule has 0 bridgehead atoms. The summed E-state index contributed by atoms with van der Waals surface area (Å²) >= 11 is 0. The van der Waals surface area contributed by atoms with Crippen LogP contribution in [-0.2, 0) is 20.7 Å². The number of carbonyl (C=O) groups excluding carboxylic acids is 3. The highest BCUT2D eigenvalue weighted by Crippen LogP contribution is 2.31. The molecule has 2 aromatic carbocycles. The number of fused-ring (bicyclic) bond motifs is 1. The van der Waals surface area contributed by atoms with E-state index in [-0.39, 0.29) is 30.5 Å². The molecule has 1 unspecified atom stereocenters. The fourth-order valence-electron chi connectivity index (χ4n) is 3.19. The average molecular weight is 377 g/mol. The van der Waals surface area contributed by atoms with Crippen LogP contribution in [0.5, 0.6) is 0 Å². The predicted octanol–water partition coefficient (Wildman–Crippen LogP) is 2.67. The molecule has 0 aromatic heterocycles. The Hall–Kier alpha value is -3.66. The normalized spacial score (nSPS) is 14.7. The number of amides is 2. The van der Waals surface area contributed by atoms with Crippen LogP contribution in [-0.4, -0.2) is 30.4 Å². The summed E-state index contributed by atoms with van der Waals surface area (Å²) in [5, 5.41) is 11.0. The van der Waals surface area contributed by atoms with Crippen molar-refractivity contribution in [2.75, 3.05) is 16.8 Å². The first-order chi connectivity index (χ1) is 13.5. The Morgan fingerprint density at radius 3 is 2.61 bits per heavy atom. The van der Waals surface area contributed by atoms with Gasteiger partial charge in [-0.25, -0.2) is 4.79 Å². The van der Waals surface area contributed by atoms with Gasteiger partial charge in [0.2, 0.25) is 5.91 Å². The summed E-state index contributed by atoms with van der Waals surface area (Å²) in [5.41, 5.74) is 2.69. The Balaban J connectivity index is 1.58. The Morgan fingerprint density at radius 1 is 1.18 bits per heavy atom. The molecule has 1 heterocycles. The van der Waals surface area contributed by atoms with Gasteiger partial charge in [-0.2, -0.15) is 5.26 Å². The number of para-hydroxylation sites is 1. The molecule has 7 nitrogen and oxygen atoms in total. The second-order valence-corrected chi connectivity index (χ2v) is 6.48. The molecular formula is C21H19N3O4. The Morgan fingerprint density at radius 2 is 1.89 bits per heavy atom. The molecule has 2 aromatic rings. The summed E-state index contributed by atoms with van der Waals surface area (Å²) in [6.07, 6.45) is 0.527. The molecule has 0 saturated carbocycles. The zero-order valence-corrected chi connectivity index (χ0v) is 15.3. The van der Waals surface area contributed by atoms with Gasteiger partial charge in [-0.1, -0.05) is 18.2 Å². The van der Waals surface area contributed by atoms with E-state index in [0.717, 1.165) is 17.7 Å². The molecule has 7 heteroatoms. The summed E-state index contributed by atoms with van der Waals surface area (Å²) < 4.78 is 5.16. The van der Waals surface area contributed by atoms with Crippen LogP contribution in [0.1, 0.15) is 29.3 Å². The highest BCUT2D eigenvalue weighted by molar-refractivity contribution is 5.99. The third-order valence-electron chi connectivity index (χ3n) is 4.45. The highest BCUT2D eigenvalue weighted by atomic mass is 16.5. The number of anilines is 2. The van der Waals surface area contributed by atoms with Crippen LogP contribution in [0, 0.1) is 11.3 Å². The highest BCUT2D eigenvalue weighted by Gasteiger charge is 2.31. The fraction of sp³-hybridized carbons (Fsp3) is 0.238. The van der Waals surface area contributed by atoms with E-state index in [2.05, 4.69) is 5.32 Å². The van der Waals surface area contributed by atoms with Crippen molar-refractivity contribution in [2.24, 2.45) is 0 Å². The van der Waals surface area contributed by atoms with Gasteiger partial charge in [0.1, 0.15) is 6.42 Å². The topological polar surface area (TPSA) is 99.5 Å². The van der Waals surface area contributed by atoms with E-state index in [1.165, 1.54) is 24.3 Å². The second-order valence-electron chi connectivity index (χ2n) is 6.48. The summed E-state index contributed by atoms with van der Waals surface area (Å²) in [6.45, 7) is 1.61. The third kappa shape index (κ3) is 4.18. The van der Waals surface area contributed by atoms with E-state index in [0.29, 0.717) is 5.69 Å². The lowest BCUT2D eigenvalue weighted by atomic mass is 10.1. The number of nitrogens with one attached hydrogen (secondary N) is 1. The smallest absolute Gasteiger partial charge is 0.338 e. The van der Waals surface area contributed by atoms with E-state index in [1.807, 2.05) is 31.2 Å². The molecule has 28 heavy (non-hydrogen) atoms. The first-order valence-corrected chi connectivity index (χ1v) is 8.83. The molecule has 0 spiro atoms. The lowest BCUT2D eigenvalue weighted by Crippen LogP contribution is -2.38. The van der Waals surface area contributed by atoms with Gasteiger partial charge in [0.25, 0.3) is 5.91 Å². The van der Waals surface area contributed by atoms with Crippen LogP contribution in [0.4, 0.5) is 11.4 Å². The van der Waals surface area contributed by atoms with Crippen LogP contribution in [0.3, 0.4) is 0 Å². The minimum atomic E-state index is -0.622. The second kappa shape index (κ2) is 8.35. The predicted molar refractivity (Wildman–Crippen MR) is 103 cm³/mol. The van der Waals surface area contributed by atoms with E-state index in [1.54, 1.807) is 11.0 Å². The van der Waals surface area contributed by atoms with Gasteiger partial charge >= 0.3 is 5.97 Å². The molecule has 142 valence electrons. The SMILES string of the molecule is CC1Cc2ccccc2N1C(=O)COC(=O)c1ccc(NC(=O)CC#N)cc1. The number of nitrogens with zero attached hydrogens (tertiary/aromatic N) is 2. The van der Waals surface area contributed by atoms with E-state index in [4.69, 9.17) is 10.00 Å². The van der Waals surface area contributed by atoms with Crippen LogP contribution in [0.25, 0.3) is 0 Å². The summed E-state index contributed by atoms with van der Waals surface area (Å²) in [4.78, 5) is 37.8. The Bertz CT molecular complexity index is 947. The van der Waals surface area contributed by atoms with Crippen molar-refractivity contribution in [2.45, 2.75) is 25.8 Å². The lowest BCUT2D eigenvalue weighted by Gasteiger charge is -2.22. The van der Waals surface area contributed by atoms with E-state index >= 15 is 0 Å². The molecule has 0 fully saturated rings. The first kappa shape index (κ1) is 19.1. The van der Waals surface area contributed by atoms with Gasteiger partial charge < -0.3 is 15.0 Å². The van der Waals surface area contributed by atoms with Crippen molar-refractivity contribution in [1.29, 1.82) is 5.26 Å². The standard InChI is InChI=1S/C21H19N3O4/c1-14-12-16-4-2-3-5-18(16)24(14)20(26)13-28-21(27)15-6-8-17(9-7-15)23-19(25)10-11-22/h2-9,14H,10,12-13H2,1H3,(H,23,25). The fourth-order valence-corrected chi connectivity index (χ4v) is 3.19.